The van der Waals surface area contributed by atoms with E-state index in [1.54, 1.807) is 0 Å². The van der Waals surface area contributed by atoms with Gasteiger partial charge in [-0.3, -0.25) is 0 Å². The third-order valence-corrected chi connectivity index (χ3v) is 3.78. The predicted octanol–water partition coefficient (Wildman–Crippen LogP) is 2.70. The van der Waals surface area contributed by atoms with Crippen LogP contribution >= 0.6 is 0 Å². The molecule has 2 unspecified atom stereocenters. The first-order valence-electron chi connectivity index (χ1n) is 7.31. The van der Waals surface area contributed by atoms with Crippen LogP contribution in [0.1, 0.15) is 5.56 Å². The van der Waals surface area contributed by atoms with Crippen LogP contribution in [-0.4, -0.2) is 38.6 Å². The fourth-order valence-electron chi connectivity index (χ4n) is 2.39. The standard InChI is InChI=1S/C17H18O4/c1-11-4-14(19-8-16-10-21-16)6-12-5-13(2-3-17(11)12)18-7-15-9-20-15/h2-6,15-16H,7-10H2,1H3. The van der Waals surface area contributed by atoms with Crippen molar-refractivity contribution in [1.29, 1.82) is 0 Å². The summed E-state index contributed by atoms with van der Waals surface area (Å²) in [6.07, 6.45) is 0.546. The number of aryl methyl sites for hydroxylation is 1. The second kappa shape index (κ2) is 5.20. The van der Waals surface area contributed by atoms with Crippen molar-refractivity contribution in [3.63, 3.8) is 0 Å². The second-order valence-electron chi connectivity index (χ2n) is 5.66. The van der Waals surface area contributed by atoms with Gasteiger partial charge in [0.05, 0.1) is 13.2 Å². The van der Waals surface area contributed by atoms with Crippen molar-refractivity contribution in [3.8, 4) is 11.5 Å². The van der Waals surface area contributed by atoms with E-state index < -0.39 is 0 Å². The fraction of sp³-hybridized carbons (Fsp3) is 0.412. The van der Waals surface area contributed by atoms with E-state index >= 15 is 0 Å². The van der Waals surface area contributed by atoms with Crippen LogP contribution in [0.25, 0.3) is 10.8 Å². The molecule has 0 aromatic heterocycles. The smallest absolute Gasteiger partial charge is 0.120 e. The Bertz CT molecular complexity index is 654. The Balaban J connectivity index is 1.56. The first kappa shape index (κ1) is 12.9. The van der Waals surface area contributed by atoms with Crippen molar-refractivity contribution in [2.75, 3.05) is 26.4 Å². The van der Waals surface area contributed by atoms with Crippen molar-refractivity contribution >= 4 is 10.8 Å². The number of ether oxygens (including phenoxy) is 4. The summed E-state index contributed by atoms with van der Waals surface area (Å²) in [5.74, 6) is 1.76. The lowest BCUT2D eigenvalue weighted by atomic mass is 10.0. The van der Waals surface area contributed by atoms with Crippen molar-refractivity contribution in [2.24, 2.45) is 0 Å². The van der Waals surface area contributed by atoms with E-state index in [2.05, 4.69) is 31.2 Å². The molecule has 0 N–H and O–H groups in total. The molecule has 2 atom stereocenters. The number of benzene rings is 2. The highest BCUT2D eigenvalue weighted by Gasteiger charge is 2.24. The molecule has 2 fully saturated rings. The Morgan fingerprint density at radius 1 is 0.952 bits per heavy atom. The molecule has 2 aromatic rings. The highest BCUT2D eigenvalue weighted by Crippen LogP contribution is 2.29. The van der Waals surface area contributed by atoms with Gasteiger partial charge in [0, 0.05) is 0 Å². The molecule has 4 nitrogen and oxygen atoms in total. The van der Waals surface area contributed by atoms with Crippen molar-refractivity contribution in [1.82, 2.24) is 0 Å². The maximum atomic E-state index is 5.78. The minimum absolute atomic E-state index is 0.272. The van der Waals surface area contributed by atoms with E-state index in [1.807, 2.05) is 6.07 Å². The Morgan fingerprint density at radius 3 is 2.24 bits per heavy atom. The van der Waals surface area contributed by atoms with Gasteiger partial charge in [-0.25, -0.2) is 0 Å². The molecule has 0 amide bonds. The maximum Gasteiger partial charge on any atom is 0.120 e. The molecular formula is C17H18O4. The maximum absolute atomic E-state index is 5.78. The Morgan fingerprint density at radius 2 is 1.57 bits per heavy atom. The molecule has 2 aromatic carbocycles. The zero-order valence-corrected chi connectivity index (χ0v) is 12.0. The third-order valence-electron chi connectivity index (χ3n) is 3.78. The minimum atomic E-state index is 0.272. The summed E-state index contributed by atoms with van der Waals surface area (Å²) in [4.78, 5) is 0. The zero-order chi connectivity index (χ0) is 14.2. The topological polar surface area (TPSA) is 43.5 Å². The fourth-order valence-corrected chi connectivity index (χ4v) is 2.39. The molecule has 0 radical (unpaired) electrons. The van der Waals surface area contributed by atoms with Crippen LogP contribution in [0.2, 0.25) is 0 Å². The first-order valence-corrected chi connectivity index (χ1v) is 7.31. The van der Waals surface area contributed by atoms with E-state index in [9.17, 15) is 0 Å². The summed E-state index contributed by atoms with van der Waals surface area (Å²) >= 11 is 0. The highest BCUT2D eigenvalue weighted by atomic mass is 16.6. The summed E-state index contributed by atoms with van der Waals surface area (Å²) in [6, 6.07) is 10.3. The normalized spacial score (nSPS) is 23.1. The van der Waals surface area contributed by atoms with Gasteiger partial charge in [-0.15, -0.1) is 0 Å². The third kappa shape index (κ3) is 3.12. The minimum Gasteiger partial charge on any atom is -0.491 e. The van der Waals surface area contributed by atoms with Crippen LogP contribution < -0.4 is 9.47 Å². The highest BCUT2D eigenvalue weighted by molar-refractivity contribution is 5.88. The molecular weight excluding hydrogens is 268 g/mol. The van der Waals surface area contributed by atoms with Gasteiger partial charge in [0.1, 0.15) is 36.9 Å². The predicted molar refractivity (Wildman–Crippen MR) is 79.2 cm³/mol. The van der Waals surface area contributed by atoms with E-state index in [0.717, 1.165) is 30.1 Å². The number of rotatable bonds is 6. The van der Waals surface area contributed by atoms with Crippen LogP contribution in [0, 0.1) is 6.92 Å². The SMILES string of the molecule is Cc1cc(OCC2CO2)cc2cc(OCC3CO3)ccc12. The Labute approximate surface area is 123 Å². The average molecular weight is 286 g/mol. The molecule has 4 heteroatoms. The van der Waals surface area contributed by atoms with Crippen molar-refractivity contribution in [3.05, 3.63) is 35.9 Å². The molecule has 0 spiro atoms. The van der Waals surface area contributed by atoms with Crippen LogP contribution in [0.15, 0.2) is 30.3 Å². The zero-order valence-electron chi connectivity index (χ0n) is 12.0. The lowest BCUT2D eigenvalue weighted by Crippen LogP contribution is -2.04. The molecule has 2 aliphatic heterocycles. The largest absolute Gasteiger partial charge is 0.491 e. The van der Waals surface area contributed by atoms with Gasteiger partial charge >= 0.3 is 0 Å². The van der Waals surface area contributed by atoms with E-state index in [-0.39, 0.29) is 12.2 Å². The van der Waals surface area contributed by atoms with Crippen molar-refractivity contribution in [2.45, 2.75) is 19.1 Å². The summed E-state index contributed by atoms with van der Waals surface area (Å²) in [5, 5.41) is 2.36. The first-order chi connectivity index (χ1) is 10.3. The number of fused-ring (bicyclic) bond motifs is 1. The monoisotopic (exact) mass is 286 g/mol. The molecule has 0 aliphatic carbocycles. The van der Waals surface area contributed by atoms with Gasteiger partial charge in [-0.2, -0.15) is 0 Å². The van der Waals surface area contributed by atoms with Gasteiger partial charge in [-0.1, -0.05) is 6.07 Å². The summed E-state index contributed by atoms with van der Waals surface area (Å²) < 4.78 is 21.9. The average Bonchev–Trinajstić information content (AvgIpc) is 3.37. The number of epoxide rings is 2. The molecule has 0 saturated carbocycles. The van der Waals surface area contributed by atoms with Gasteiger partial charge in [-0.05, 0) is 47.5 Å². The molecule has 110 valence electrons. The lowest BCUT2D eigenvalue weighted by molar-refractivity contribution is 0.262. The summed E-state index contributed by atoms with van der Waals surface area (Å²) in [6.45, 7) is 4.98. The van der Waals surface area contributed by atoms with Gasteiger partial charge in [0.15, 0.2) is 0 Å². The Kier molecular flexibility index (Phi) is 3.20. The molecule has 2 heterocycles. The summed E-state index contributed by atoms with van der Waals surface area (Å²) in [7, 11) is 0. The van der Waals surface area contributed by atoms with Crippen LogP contribution in [0.4, 0.5) is 0 Å². The van der Waals surface area contributed by atoms with Crippen molar-refractivity contribution < 1.29 is 18.9 Å². The molecule has 2 aliphatic rings. The molecule has 4 rings (SSSR count). The number of hydrogen-bond donors (Lipinski definition) is 0. The van der Waals surface area contributed by atoms with E-state index in [4.69, 9.17) is 18.9 Å². The summed E-state index contributed by atoms with van der Waals surface area (Å²) in [5.41, 5.74) is 1.20. The van der Waals surface area contributed by atoms with Gasteiger partial charge < -0.3 is 18.9 Å². The Hall–Kier alpha value is -1.78. The second-order valence-corrected chi connectivity index (χ2v) is 5.66. The van der Waals surface area contributed by atoms with Crippen LogP contribution in [-0.2, 0) is 9.47 Å². The van der Waals surface area contributed by atoms with Gasteiger partial charge in [0.2, 0.25) is 0 Å². The van der Waals surface area contributed by atoms with Crippen LogP contribution in [0.5, 0.6) is 11.5 Å². The molecule has 21 heavy (non-hydrogen) atoms. The molecule has 2 saturated heterocycles. The van der Waals surface area contributed by atoms with E-state index in [0.29, 0.717) is 13.2 Å². The quantitative estimate of drug-likeness (QED) is 0.766. The van der Waals surface area contributed by atoms with Crippen LogP contribution in [0.3, 0.4) is 0 Å². The van der Waals surface area contributed by atoms with Gasteiger partial charge in [0.25, 0.3) is 0 Å². The molecule has 0 bridgehead atoms. The van der Waals surface area contributed by atoms with E-state index in [1.165, 1.54) is 10.9 Å². The number of hydrogen-bond acceptors (Lipinski definition) is 4. The lowest BCUT2D eigenvalue weighted by Gasteiger charge is -2.10.